The third-order valence-corrected chi connectivity index (χ3v) is 3.71. The zero-order valence-corrected chi connectivity index (χ0v) is 10.9. The van der Waals surface area contributed by atoms with E-state index in [0.717, 1.165) is 26.2 Å². The molecule has 2 rings (SSSR count). The molecule has 18 heavy (non-hydrogen) atoms. The first-order chi connectivity index (χ1) is 8.77. The number of piperazine rings is 1. The van der Waals surface area contributed by atoms with Crippen LogP contribution in [0.4, 0.5) is 5.82 Å². The maximum Gasteiger partial charge on any atom is 0.223 e. The molecule has 0 bridgehead atoms. The summed E-state index contributed by atoms with van der Waals surface area (Å²) in [4.78, 5) is 21.9. The van der Waals surface area contributed by atoms with Gasteiger partial charge in [0.25, 0.3) is 0 Å². The van der Waals surface area contributed by atoms with Gasteiger partial charge in [-0.3, -0.25) is 4.79 Å². The van der Waals surface area contributed by atoms with E-state index >= 15 is 0 Å². The van der Waals surface area contributed by atoms with Gasteiger partial charge in [0.05, 0.1) is 0 Å². The highest BCUT2D eigenvalue weighted by atomic mass is 32.2. The van der Waals surface area contributed by atoms with Crippen molar-refractivity contribution in [2.24, 2.45) is 0 Å². The molecule has 1 aliphatic rings. The molecule has 1 amide bonds. The fourth-order valence-electron chi connectivity index (χ4n) is 1.75. The lowest BCUT2D eigenvalue weighted by Crippen LogP contribution is -2.46. The molecule has 1 saturated heterocycles. The van der Waals surface area contributed by atoms with Crippen molar-refractivity contribution >= 4 is 23.5 Å². The molecule has 0 unspecified atom stereocenters. The van der Waals surface area contributed by atoms with Gasteiger partial charge in [-0.2, -0.15) is 0 Å². The molecule has 3 N–H and O–H groups in total. The lowest BCUT2D eigenvalue weighted by atomic mass is 10.3. The van der Waals surface area contributed by atoms with Gasteiger partial charge in [-0.1, -0.05) is 0 Å². The number of hydrogen-bond donors (Lipinski definition) is 2. The second-order valence-electron chi connectivity index (χ2n) is 3.98. The number of anilines is 1. The normalized spacial score (nSPS) is 15.7. The Morgan fingerprint density at radius 3 is 2.83 bits per heavy atom. The first-order valence-corrected chi connectivity index (χ1v) is 6.93. The van der Waals surface area contributed by atoms with E-state index in [-0.39, 0.29) is 5.91 Å². The number of hydrogen-bond acceptors (Lipinski definition) is 6. The zero-order valence-electron chi connectivity index (χ0n) is 10.1. The largest absolute Gasteiger partial charge is 0.381 e. The highest BCUT2D eigenvalue weighted by Gasteiger charge is 2.15. The maximum absolute atomic E-state index is 11.9. The Hall–Kier alpha value is -1.34. The minimum Gasteiger partial charge on any atom is -0.381 e. The average molecular weight is 267 g/mol. The van der Waals surface area contributed by atoms with Crippen molar-refractivity contribution in [3.05, 3.63) is 12.4 Å². The molecular weight excluding hydrogens is 250 g/mol. The van der Waals surface area contributed by atoms with Crippen molar-refractivity contribution in [3.63, 3.8) is 0 Å². The van der Waals surface area contributed by atoms with E-state index in [1.165, 1.54) is 11.8 Å². The van der Waals surface area contributed by atoms with Crippen LogP contribution in [0.2, 0.25) is 0 Å². The predicted octanol–water partition coefficient (Wildman–Crippen LogP) is -0.0272. The van der Waals surface area contributed by atoms with Gasteiger partial charge in [-0.05, 0) is 0 Å². The van der Waals surface area contributed by atoms with E-state index in [9.17, 15) is 4.79 Å². The number of rotatable bonds is 4. The molecule has 6 nitrogen and oxygen atoms in total. The molecule has 1 aliphatic heterocycles. The van der Waals surface area contributed by atoms with Crippen LogP contribution < -0.4 is 11.1 Å². The first kappa shape index (κ1) is 13.1. The minimum absolute atomic E-state index is 0.200. The monoisotopic (exact) mass is 267 g/mol. The van der Waals surface area contributed by atoms with Crippen LogP contribution in [0.25, 0.3) is 0 Å². The summed E-state index contributed by atoms with van der Waals surface area (Å²) >= 11 is 1.48. The van der Waals surface area contributed by atoms with E-state index < -0.39 is 0 Å². The molecule has 98 valence electrons. The topological polar surface area (TPSA) is 84.1 Å². The van der Waals surface area contributed by atoms with Crippen LogP contribution in [0, 0.1) is 0 Å². The van der Waals surface area contributed by atoms with Crippen molar-refractivity contribution in [2.75, 3.05) is 37.7 Å². The lowest BCUT2D eigenvalue weighted by molar-refractivity contribution is -0.131. The third-order valence-electron chi connectivity index (χ3n) is 2.72. The molecule has 1 aromatic rings. The molecular formula is C11H17N5OS. The summed E-state index contributed by atoms with van der Waals surface area (Å²) in [5, 5.41) is 3.92. The maximum atomic E-state index is 11.9. The van der Waals surface area contributed by atoms with E-state index in [0.29, 0.717) is 23.0 Å². The fraction of sp³-hybridized carbons (Fsp3) is 0.545. The number of carbonyl (C=O) groups excluding carboxylic acids is 1. The van der Waals surface area contributed by atoms with Crippen molar-refractivity contribution in [2.45, 2.75) is 11.4 Å². The van der Waals surface area contributed by atoms with Crippen LogP contribution in [0.3, 0.4) is 0 Å². The van der Waals surface area contributed by atoms with E-state index in [1.807, 2.05) is 4.90 Å². The molecule has 0 atom stereocenters. The molecule has 0 aromatic carbocycles. The second kappa shape index (κ2) is 6.55. The van der Waals surface area contributed by atoms with Crippen LogP contribution in [0.15, 0.2) is 17.4 Å². The van der Waals surface area contributed by atoms with Gasteiger partial charge in [0, 0.05) is 50.7 Å². The molecule has 7 heteroatoms. The molecule has 1 aromatic heterocycles. The number of nitrogens with one attached hydrogen (secondary N) is 1. The van der Waals surface area contributed by atoms with Gasteiger partial charge < -0.3 is 16.0 Å². The van der Waals surface area contributed by atoms with Crippen molar-refractivity contribution < 1.29 is 4.79 Å². The summed E-state index contributed by atoms with van der Waals surface area (Å²) in [6.45, 7) is 3.37. The number of amides is 1. The Kier molecular flexibility index (Phi) is 4.77. The Labute approximate surface area is 110 Å². The summed E-state index contributed by atoms with van der Waals surface area (Å²) in [5.41, 5.74) is 5.68. The highest BCUT2D eigenvalue weighted by Crippen LogP contribution is 2.20. The van der Waals surface area contributed by atoms with Crippen molar-refractivity contribution in [1.82, 2.24) is 20.2 Å². The van der Waals surface area contributed by atoms with Crippen LogP contribution in [0.1, 0.15) is 6.42 Å². The van der Waals surface area contributed by atoms with E-state index in [2.05, 4.69) is 15.3 Å². The van der Waals surface area contributed by atoms with Gasteiger partial charge in [0.1, 0.15) is 5.03 Å². The second-order valence-corrected chi connectivity index (χ2v) is 5.06. The van der Waals surface area contributed by atoms with Crippen molar-refractivity contribution in [1.29, 1.82) is 0 Å². The Balaban J connectivity index is 1.75. The summed E-state index contributed by atoms with van der Waals surface area (Å²) < 4.78 is 0. The number of carbonyl (C=O) groups is 1. The quantitative estimate of drug-likeness (QED) is 0.746. The number of nitrogen functional groups attached to an aromatic ring is 1. The third kappa shape index (κ3) is 3.58. The average Bonchev–Trinajstić information content (AvgIpc) is 2.42. The van der Waals surface area contributed by atoms with Gasteiger partial charge >= 0.3 is 0 Å². The van der Waals surface area contributed by atoms with Crippen LogP contribution in [0.5, 0.6) is 0 Å². The summed E-state index contributed by atoms with van der Waals surface area (Å²) in [5.74, 6) is 1.31. The SMILES string of the molecule is Nc1nccnc1SCCC(=O)N1CCNCC1. The highest BCUT2D eigenvalue weighted by molar-refractivity contribution is 7.99. The fourth-order valence-corrected chi connectivity index (χ4v) is 2.56. The van der Waals surface area contributed by atoms with Crippen molar-refractivity contribution in [3.8, 4) is 0 Å². The standard InChI is InChI=1S/C11H17N5OS/c12-10-11(15-3-2-14-10)18-8-1-9(17)16-6-4-13-5-7-16/h2-3,13H,1,4-8H2,(H2,12,14). The summed E-state index contributed by atoms with van der Waals surface area (Å²) in [6, 6.07) is 0. The number of aromatic nitrogens is 2. The Morgan fingerprint density at radius 2 is 2.11 bits per heavy atom. The summed E-state index contributed by atoms with van der Waals surface area (Å²) in [6.07, 6.45) is 3.68. The molecule has 1 fully saturated rings. The molecule has 0 saturated carbocycles. The minimum atomic E-state index is 0.200. The van der Waals surface area contributed by atoms with Gasteiger partial charge in [-0.15, -0.1) is 11.8 Å². The van der Waals surface area contributed by atoms with Crippen LogP contribution >= 0.6 is 11.8 Å². The molecule has 0 radical (unpaired) electrons. The van der Waals surface area contributed by atoms with E-state index in [4.69, 9.17) is 5.73 Å². The molecule has 2 heterocycles. The Bertz CT molecular complexity index is 408. The van der Waals surface area contributed by atoms with Gasteiger partial charge in [-0.25, -0.2) is 9.97 Å². The number of thioether (sulfide) groups is 1. The van der Waals surface area contributed by atoms with Gasteiger partial charge in [0.15, 0.2) is 5.82 Å². The molecule has 0 spiro atoms. The molecule has 0 aliphatic carbocycles. The number of nitrogens with two attached hydrogens (primary N) is 1. The first-order valence-electron chi connectivity index (χ1n) is 5.95. The van der Waals surface area contributed by atoms with E-state index in [1.54, 1.807) is 12.4 Å². The Morgan fingerprint density at radius 1 is 1.39 bits per heavy atom. The van der Waals surface area contributed by atoms with Gasteiger partial charge in [0.2, 0.25) is 5.91 Å². The van der Waals surface area contributed by atoms with Crippen LogP contribution in [-0.4, -0.2) is 52.7 Å². The zero-order chi connectivity index (χ0) is 12.8. The lowest BCUT2D eigenvalue weighted by Gasteiger charge is -2.27. The predicted molar refractivity (Wildman–Crippen MR) is 71.2 cm³/mol. The van der Waals surface area contributed by atoms with Crippen LogP contribution in [-0.2, 0) is 4.79 Å². The summed E-state index contributed by atoms with van der Waals surface area (Å²) in [7, 11) is 0. The smallest absolute Gasteiger partial charge is 0.223 e. The number of nitrogens with zero attached hydrogens (tertiary/aromatic N) is 3.